The van der Waals surface area contributed by atoms with Crippen LogP contribution < -0.4 is 27.0 Å². The number of ether oxygens (including phenoxy) is 2. The number of carbonyl (C=O) groups excluding carboxylic acids is 5. The number of aliphatic hydroxyl groups excluding tert-OH is 5. The Bertz CT molecular complexity index is 1230. The molecule has 2 fully saturated rings. The Balaban J connectivity index is 0.00000243. The number of hydrogen-bond donors (Lipinski definition) is 10. The molecule has 0 aromatic rings. The summed E-state index contributed by atoms with van der Waals surface area (Å²) >= 11 is 3.01. The highest BCUT2D eigenvalue weighted by atomic mass is 32.2. The quantitative estimate of drug-likeness (QED) is 0.0446. The minimum atomic E-state index is -1.07. The summed E-state index contributed by atoms with van der Waals surface area (Å²) in [6, 6.07) is -1.32. The molecule has 0 saturated carbocycles. The van der Waals surface area contributed by atoms with Gasteiger partial charge in [0.05, 0.1) is 25.3 Å². The Kier molecular flexibility index (Phi) is 32.7. The van der Waals surface area contributed by atoms with Crippen LogP contribution in [0, 0.1) is 5.92 Å². The molecule has 0 radical (unpaired) electrons. The Labute approximate surface area is 371 Å². The molecule has 0 aromatic heterocycles. The molecule has 2 rings (SSSR count). The lowest BCUT2D eigenvalue weighted by atomic mass is 9.95. The van der Waals surface area contributed by atoms with E-state index in [-0.39, 0.29) is 55.3 Å². The number of rotatable bonds is 31. The average Bonchev–Trinajstić information content (AvgIpc) is 3.21. The highest BCUT2D eigenvalue weighted by Gasteiger charge is 2.40. The summed E-state index contributed by atoms with van der Waals surface area (Å²) in [6.07, 6.45) is 10.7. The number of carbonyl (C=O) groups is 5. The van der Waals surface area contributed by atoms with Crippen molar-refractivity contribution in [2.45, 2.75) is 184 Å². The normalized spacial score (nSPS) is 24.1. The second-order valence-corrected chi connectivity index (χ2v) is 18.4. The third kappa shape index (κ3) is 27.5. The molecule has 0 bridgehead atoms. The van der Waals surface area contributed by atoms with Crippen LogP contribution in [0.25, 0.3) is 0 Å². The minimum Gasteiger partial charge on any atom is -0.396 e. The van der Waals surface area contributed by atoms with Gasteiger partial charge in [-0.2, -0.15) is 0 Å². The summed E-state index contributed by atoms with van der Waals surface area (Å²) < 4.78 is 11.2. The SMILES string of the molecule is CC(=O)NC1[C@H](SCCCCCNC(=O)CCCCCC(CO)CCCCC(=O)NCCCCCS[C@@H]2OC[C@H](O)[C@@H](O)C2NC(C)=O)OC[C@H](O)[C@H]1O.CCCCC(N)=O. The molecule has 19 heteroatoms. The number of aliphatic hydroxyl groups is 5. The van der Waals surface area contributed by atoms with E-state index < -0.39 is 47.4 Å². The first-order chi connectivity index (χ1) is 29.2. The van der Waals surface area contributed by atoms with E-state index in [9.17, 15) is 49.5 Å². The van der Waals surface area contributed by atoms with E-state index in [1.54, 1.807) is 0 Å². The van der Waals surface area contributed by atoms with Gasteiger partial charge in [0, 0.05) is 52.8 Å². The largest absolute Gasteiger partial charge is 0.396 e. The van der Waals surface area contributed by atoms with E-state index in [2.05, 4.69) is 21.3 Å². The zero-order chi connectivity index (χ0) is 45.4. The first kappa shape index (κ1) is 56.8. The molecule has 0 aromatic carbocycles. The second kappa shape index (κ2) is 35.2. The van der Waals surface area contributed by atoms with Crippen LogP contribution in [0.3, 0.4) is 0 Å². The maximum Gasteiger partial charge on any atom is 0.219 e. The van der Waals surface area contributed by atoms with Gasteiger partial charge in [-0.25, -0.2) is 0 Å². The van der Waals surface area contributed by atoms with Crippen molar-refractivity contribution in [3.05, 3.63) is 0 Å². The number of nitrogens with one attached hydrogen (secondary N) is 4. The highest BCUT2D eigenvalue weighted by molar-refractivity contribution is 8.00. The van der Waals surface area contributed by atoms with Crippen molar-refractivity contribution in [2.24, 2.45) is 11.7 Å². The van der Waals surface area contributed by atoms with Gasteiger partial charge in [-0.3, -0.25) is 24.0 Å². The maximum absolute atomic E-state index is 12.2. The molecule has 17 nitrogen and oxygen atoms in total. The highest BCUT2D eigenvalue weighted by Crippen LogP contribution is 2.27. The molecule has 61 heavy (non-hydrogen) atoms. The van der Waals surface area contributed by atoms with Gasteiger partial charge >= 0.3 is 0 Å². The number of primary amides is 1. The maximum atomic E-state index is 12.2. The third-order valence-corrected chi connectivity index (χ3v) is 12.9. The number of amides is 5. The Hall–Kier alpha value is -2.23. The number of hydrogen-bond acceptors (Lipinski definition) is 14. The van der Waals surface area contributed by atoms with Crippen LogP contribution in [0.2, 0.25) is 0 Å². The monoisotopic (exact) mass is 910 g/mol. The van der Waals surface area contributed by atoms with Crippen LogP contribution in [-0.4, -0.2) is 147 Å². The lowest BCUT2D eigenvalue weighted by Crippen LogP contribution is -2.59. The number of nitrogens with two attached hydrogens (primary N) is 1. The minimum absolute atomic E-state index is 0.0284. The van der Waals surface area contributed by atoms with Gasteiger partial charge in [-0.05, 0) is 75.2 Å². The third-order valence-electron chi connectivity index (χ3n) is 10.4. The Morgan fingerprint density at radius 1 is 0.623 bits per heavy atom. The van der Waals surface area contributed by atoms with E-state index in [0.717, 1.165) is 108 Å². The summed E-state index contributed by atoms with van der Waals surface area (Å²) in [4.78, 5) is 57.4. The van der Waals surface area contributed by atoms with E-state index in [0.29, 0.717) is 32.4 Å². The number of unbranched alkanes of at least 4 members (excludes halogenated alkanes) is 8. The summed E-state index contributed by atoms with van der Waals surface area (Å²) in [6.45, 7) is 6.18. The van der Waals surface area contributed by atoms with Crippen LogP contribution in [0.15, 0.2) is 0 Å². The van der Waals surface area contributed by atoms with Crippen molar-refractivity contribution in [3.63, 3.8) is 0 Å². The molecule has 3 unspecified atom stereocenters. The Morgan fingerprint density at radius 2 is 1.05 bits per heavy atom. The summed E-state index contributed by atoms with van der Waals surface area (Å²) in [5.41, 5.74) is 4.00. The lowest BCUT2D eigenvalue weighted by Gasteiger charge is -2.38. The van der Waals surface area contributed by atoms with Crippen LogP contribution in [-0.2, 0) is 33.4 Å². The fraction of sp³-hybridized carbons (Fsp3) is 0.881. The summed E-state index contributed by atoms with van der Waals surface area (Å²) in [5, 5.41) is 61.2. The van der Waals surface area contributed by atoms with Crippen molar-refractivity contribution in [1.29, 1.82) is 0 Å². The van der Waals surface area contributed by atoms with E-state index in [4.69, 9.17) is 15.2 Å². The summed E-state index contributed by atoms with van der Waals surface area (Å²) in [5.74, 6) is 1.07. The number of thioether (sulfide) groups is 2. The molecule has 2 aliphatic heterocycles. The topological polar surface area (TPSA) is 279 Å². The molecular formula is C42H79N5O12S2. The van der Waals surface area contributed by atoms with Gasteiger partial charge < -0.3 is 62.0 Å². The molecule has 2 saturated heterocycles. The second-order valence-electron chi connectivity index (χ2n) is 16.0. The van der Waals surface area contributed by atoms with Crippen LogP contribution in [0.5, 0.6) is 0 Å². The lowest BCUT2D eigenvalue weighted by molar-refractivity contribution is -0.134. The fourth-order valence-corrected chi connectivity index (χ4v) is 9.23. The molecule has 11 N–H and O–H groups in total. The van der Waals surface area contributed by atoms with Gasteiger partial charge in [0.15, 0.2) is 0 Å². The van der Waals surface area contributed by atoms with E-state index >= 15 is 0 Å². The molecular weight excluding hydrogens is 831 g/mol. The first-order valence-corrected chi connectivity index (χ1v) is 24.4. The van der Waals surface area contributed by atoms with Gasteiger partial charge in [-0.1, -0.05) is 45.4 Å². The van der Waals surface area contributed by atoms with Gasteiger partial charge in [0.25, 0.3) is 0 Å². The predicted octanol–water partition coefficient (Wildman–Crippen LogP) is 1.97. The molecule has 356 valence electrons. The van der Waals surface area contributed by atoms with Gasteiger partial charge in [0.1, 0.15) is 35.3 Å². The van der Waals surface area contributed by atoms with Crippen molar-refractivity contribution in [2.75, 3.05) is 44.4 Å². The van der Waals surface area contributed by atoms with Crippen molar-refractivity contribution in [3.8, 4) is 0 Å². The fourth-order valence-electron chi connectivity index (χ4n) is 6.80. The molecule has 2 aliphatic rings. The Morgan fingerprint density at radius 3 is 1.44 bits per heavy atom. The standard InChI is InChI=1S/C37H68N4O11S2.C5H11NO/c1-25(43)40-32-34(49)28(45)23-51-36(32)53-20-12-4-10-18-38-30(47)16-7-3-6-14-27(22-42)15-8-9-17-31(48)39-19-11-5-13-21-54-37-33(41-26(2)44)35(50)29(46)24-52-37;1-2-3-4-5(6)7/h27-29,32-37,42,45-46,49-50H,3-24H2,1-2H3,(H,38,47)(H,39,48)(H,40,43)(H,41,44);2-4H2,1H3,(H2,6,7)/t27?,28-,29-,32?,33?,34+,35+,36-,37-;/m0./s1. The predicted molar refractivity (Wildman–Crippen MR) is 238 cm³/mol. The van der Waals surface area contributed by atoms with Crippen molar-refractivity contribution in [1.82, 2.24) is 21.3 Å². The van der Waals surface area contributed by atoms with Crippen LogP contribution >= 0.6 is 23.5 Å². The van der Waals surface area contributed by atoms with E-state index in [1.165, 1.54) is 37.4 Å². The molecule has 2 heterocycles. The molecule has 0 spiro atoms. The molecule has 0 aliphatic carbocycles. The van der Waals surface area contributed by atoms with Crippen molar-refractivity contribution < 1.29 is 59.0 Å². The van der Waals surface area contributed by atoms with Gasteiger partial charge in [0.2, 0.25) is 29.5 Å². The molecule has 5 amide bonds. The van der Waals surface area contributed by atoms with Crippen LogP contribution in [0.1, 0.15) is 136 Å². The smallest absolute Gasteiger partial charge is 0.219 e. The van der Waals surface area contributed by atoms with Gasteiger partial charge in [-0.15, -0.1) is 23.5 Å². The zero-order valence-electron chi connectivity index (χ0n) is 36.9. The first-order valence-electron chi connectivity index (χ1n) is 22.3. The summed E-state index contributed by atoms with van der Waals surface area (Å²) in [7, 11) is 0. The van der Waals surface area contributed by atoms with Crippen LogP contribution in [0.4, 0.5) is 0 Å². The van der Waals surface area contributed by atoms with E-state index in [1.807, 2.05) is 6.92 Å². The van der Waals surface area contributed by atoms with Crippen molar-refractivity contribution >= 4 is 53.1 Å². The molecule has 9 atom stereocenters. The average molecular weight is 910 g/mol. The zero-order valence-corrected chi connectivity index (χ0v) is 38.5.